The second-order valence-corrected chi connectivity index (χ2v) is 6.67. The third-order valence-corrected chi connectivity index (χ3v) is 4.75. The first-order chi connectivity index (χ1) is 9.11. The first kappa shape index (κ1) is 15.0. The molecule has 1 aliphatic rings. The van der Waals surface area contributed by atoms with Gasteiger partial charge in [0.25, 0.3) is 0 Å². The average Bonchev–Trinajstić information content (AvgIpc) is 3.20. The number of hydrogen-bond acceptors (Lipinski definition) is 3. The van der Waals surface area contributed by atoms with Crippen molar-refractivity contribution in [1.29, 1.82) is 0 Å². The molecule has 2 rings (SSSR count). The van der Waals surface area contributed by atoms with E-state index in [0.29, 0.717) is 6.04 Å². The van der Waals surface area contributed by atoms with Gasteiger partial charge in [-0.05, 0) is 43.7 Å². The van der Waals surface area contributed by atoms with Crippen LogP contribution in [0.3, 0.4) is 0 Å². The molecule has 1 fully saturated rings. The van der Waals surface area contributed by atoms with E-state index in [1.165, 1.54) is 18.4 Å². The largest absolute Gasteiger partial charge is 0.370 e. The number of anilines is 1. The molecular weight excluding hydrogens is 276 g/mol. The molecule has 0 aromatic heterocycles. The fraction of sp³-hybridized carbons (Fsp3) is 0.600. The summed E-state index contributed by atoms with van der Waals surface area (Å²) < 4.78 is 0. The Morgan fingerprint density at radius 3 is 2.79 bits per heavy atom. The molecule has 1 aliphatic carbocycles. The van der Waals surface area contributed by atoms with Crippen molar-refractivity contribution in [2.45, 2.75) is 38.4 Å². The van der Waals surface area contributed by atoms with Gasteiger partial charge in [-0.3, -0.25) is 0 Å². The highest BCUT2D eigenvalue weighted by Crippen LogP contribution is 2.28. The fourth-order valence-corrected chi connectivity index (χ4v) is 3.13. The Kier molecular flexibility index (Phi) is 5.43. The number of nitrogens with zero attached hydrogens (tertiary/aromatic N) is 1. The lowest BCUT2D eigenvalue weighted by Gasteiger charge is -2.27. The van der Waals surface area contributed by atoms with Crippen LogP contribution in [0.25, 0.3) is 0 Å². The van der Waals surface area contributed by atoms with Crippen LogP contribution in [-0.4, -0.2) is 31.1 Å². The van der Waals surface area contributed by atoms with Crippen LogP contribution in [0, 0.1) is 0 Å². The Balaban J connectivity index is 2.00. The van der Waals surface area contributed by atoms with Crippen molar-refractivity contribution < 1.29 is 0 Å². The van der Waals surface area contributed by atoms with Crippen LogP contribution in [0.2, 0.25) is 5.02 Å². The molecule has 0 aliphatic heterocycles. The number of halogens is 1. The summed E-state index contributed by atoms with van der Waals surface area (Å²) in [5, 5.41) is 4.37. The predicted octanol–water partition coefficient (Wildman–Crippen LogP) is 3.78. The summed E-state index contributed by atoms with van der Waals surface area (Å²) in [4.78, 5) is 2.26. The van der Waals surface area contributed by atoms with Crippen LogP contribution in [0.4, 0.5) is 5.69 Å². The number of nitrogens with one attached hydrogen (secondary N) is 1. The van der Waals surface area contributed by atoms with E-state index in [2.05, 4.69) is 48.6 Å². The molecule has 1 atom stereocenters. The van der Waals surface area contributed by atoms with Crippen LogP contribution >= 0.6 is 23.4 Å². The van der Waals surface area contributed by atoms with Crippen molar-refractivity contribution in [1.82, 2.24) is 5.32 Å². The van der Waals surface area contributed by atoms with Crippen LogP contribution < -0.4 is 10.2 Å². The van der Waals surface area contributed by atoms with Crippen molar-refractivity contribution in [2.75, 3.05) is 24.0 Å². The molecule has 2 nitrogen and oxygen atoms in total. The van der Waals surface area contributed by atoms with Gasteiger partial charge in [-0.2, -0.15) is 11.8 Å². The standard InChI is InChI=1S/C15H23ClN2S/c1-11(10-19-3)18(2)15-7-4-12(8-14(15)16)9-17-13-5-6-13/h4,7-8,11,13,17H,5-6,9-10H2,1-3H3. The molecule has 0 heterocycles. The van der Waals surface area contributed by atoms with E-state index < -0.39 is 0 Å². The number of hydrogen-bond donors (Lipinski definition) is 1. The topological polar surface area (TPSA) is 15.3 Å². The fourth-order valence-electron chi connectivity index (χ4n) is 2.09. The summed E-state index contributed by atoms with van der Waals surface area (Å²) in [5.74, 6) is 1.11. The highest BCUT2D eigenvalue weighted by Gasteiger charge is 2.20. The van der Waals surface area contributed by atoms with Crippen molar-refractivity contribution >= 4 is 29.1 Å². The third-order valence-electron chi connectivity index (χ3n) is 3.63. The molecule has 0 saturated heterocycles. The van der Waals surface area contributed by atoms with E-state index in [-0.39, 0.29) is 0 Å². The van der Waals surface area contributed by atoms with Crippen LogP contribution in [0.5, 0.6) is 0 Å². The zero-order valence-corrected chi connectivity index (χ0v) is 13.5. The molecule has 0 amide bonds. The van der Waals surface area contributed by atoms with E-state index >= 15 is 0 Å². The number of rotatable bonds is 7. The maximum absolute atomic E-state index is 6.42. The van der Waals surface area contributed by atoms with Gasteiger partial charge in [-0.25, -0.2) is 0 Å². The molecular formula is C15H23ClN2S. The molecule has 1 unspecified atom stereocenters. The zero-order chi connectivity index (χ0) is 13.8. The van der Waals surface area contributed by atoms with Gasteiger partial charge in [0, 0.05) is 31.4 Å². The highest BCUT2D eigenvalue weighted by molar-refractivity contribution is 7.98. The summed E-state index contributed by atoms with van der Waals surface area (Å²) in [6, 6.07) is 7.64. The summed E-state index contributed by atoms with van der Waals surface area (Å²) >= 11 is 8.29. The highest BCUT2D eigenvalue weighted by atomic mass is 35.5. The lowest BCUT2D eigenvalue weighted by molar-refractivity contribution is 0.687. The summed E-state index contributed by atoms with van der Waals surface area (Å²) in [6.07, 6.45) is 4.78. The van der Waals surface area contributed by atoms with Crippen LogP contribution in [0.1, 0.15) is 25.3 Å². The second kappa shape index (κ2) is 6.87. The van der Waals surface area contributed by atoms with Crippen molar-refractivity contribution in [3.8, 4) is 0 Å². The van der Waals surface area contributed by atoms with Crippen molar-refractivity contribution in [3.63, 3.8) is 0 Å². The molecule has 19 heavy (non-hydrogen) atoms. The van der Waals surface area contributed by atoms with Crippen molar-refractivity contribution in [2.24, 2.45) is 0 Å². The molecule has 0 spiro atoms. The minimum atomic E-state index is 0.489. The predicted molar refractivity (Wildman–Crippen MR) is 87.6 cm³/mol. The molecule has 0 radical (unpaired) electrons. The number of benzene rings is 1. The van der Waals surface area contributed by atoms with Crippen LogP contribution in [0.15, 0.2) is 18.2 Å². The van der Waals surface area contributed by atoms with Gasteiger partial charge in [0.2, 0.25) is 0 Å². The molecule has 4 heteroatoms. The van der Waals surface area contributed by atoms with Crippen LogP contribution in [-0.2, 0) is 6.54 Å². The van der Waals surface area contributed by atoms with Gasteiger partial charge in [0.05, 0.1) is 10.7 Å². The molecule has 1 aromatic rings. The minimum Gasteiger partial charge on any atom is -0.370 e. The van der Waals surface area contributed by atoms with Gasteiger partial charge < -0.3 is 10.2 Å². The summed E-state index contributed by atoms with van der Waals surface area (Å²) in [5.41, 5.74) is 2.39. The van der Waals surface area contributed by atoms with E-state index in [1.807, 2.05) is 11.8 Å². The second-order valence-electron chi connectivity index (χ2n) is 5.36. The molecule has 0 bridgehead atoms. The van der Waals surface area contributed by atoms with Gasteiger partial charge >= 0.3 is 0 Å². The van der Waals surface area contributed by atoms with E-state index in [9.17, 15) is 0 Å². The van der Waals surface area contributed by atoms with E-state index in [0.717, 1.165) is 29.0 Å². The SMILES string of the molecule is CSCC(C)N(C)c1ccc(CNC2CC2)cc1Cl. The zero-order valence-electron chi connectivity index (χ0n) is 11.9. The smallest absolute Gasteiger partial charge is 0.0642 e. The Morgan fingerprint density at radius 2 is 2.21 bits per heavy atom. The van der Waals surface area contributed by atoms with Gasteiger partial charge in [-0.1, -0.05) is 17.7 Å². The van der Waals surface area contributed by atoms with E-state index in [1.54, 1.807) is 0 Å². The normalized spacial score (nSPS) is 16.4. The Bertz CT molecular complexity index is 421. The summed E-state index contributed by atoms with van der Waals surface area (Å²) in [7, 11) is 2.12. The average molecular weight is 299 g/mol. The first-order valence-electron chi connectivity index (χ1n) is 6.85. The van der Waals surface area contributed by atoms with Gasteiger partial charge in [0.1, 0.15) is 0 Å². The van der Waals surface area contributed by atoms with Gasteiger partial charge in [-0.15, -0.1) is 0 Å². The Labute approximate surface area is 125 Å². The molecule has 1 saturated carbocycles. The Hall–Kier alpha value is -0.380. The number of thioether (sulfide) groups is 1. The maximum Gasteiger partial charge on any atom is 0.0642 e. The molecule has 1 N–H and O–H groups in total. The maximum atomic E-state index is 6.42. The van der Waals surface area contributed by atoms with E-state index in [4.69, 9.17) is 11.6 Å². The minimum absolute atomic E-state index is 0.489. The quantitative estimate of drug-likeness (QED) is 0.825. The molecule has 106 valence electrons. The third kappa shape index (κ3) is 4.30. The Morgan fingerprint density at radius 1 is 1.47 bits per heavy atom. The van der Waals surface area contributed by atoms with Gasteiger partial charge in [0.15, 0.2) is 0 Å². The molecule has 1 aromatic carbocycles. The first-order valence-corrected chi connectivity index (χ1v) is 8.62. The lowest BCUT2D eigenvalue weighted by Crippen LogP contribution is -2.31. The van der Waals surface area contributed by atoms with Crippen molar-refractivity contribution in [3.05, 3.63) is 28.8 Å². The summed E-state index contributed by atoms with van der Waals surface area (Å²) in [6.45, 7) is 3.16. The monoisotopic (exact) mass is 298 g/mol. The lowest BCUT2D eigenvalue weighted by atomic mass is 10.1.